The van der Waals surface area contributed by atoms with Gasteiger partial charge < -0.3 is 24.8 Å². The Morgan fingerprint density at radius 3 is 1.59 bits per heavy atom. The second-order valence-electron chi connectivity index (χ2n) is 8.08. The SMILES string of the molecule is CCCCCCC(CCCCCC)OC(=O)P(=O)(O)ON.CCCCCCOP(=O)(O)C(N)=O. The number of unbranched alkanes of at least 4 members (excludes halogenated alkanes) is 9. The Hall–Kier alpha value is -0.800. The van der Waals surface area contributed by atoms with Crippen molar-refractivity contribution in [1.29, 1.82) is 0 Å². The Balaban J connectivity index is 0. The van der Waals surface area contributed by atoms with Crippen LogP contribution in [-0.4, -0.2) is 33.9 Å². The molecule has 0 aromatic heterocycles. The van der Waals surface area contributed by atoms with Crippen LogP contribution in [0.5, 0.6) is 0 Å². The van der Waals surface area contributed by atoms with Gasteiger partial charge in [-0.15, -0.1) is 0 Å². The molecule has 34 heavy (non-hydrogen) atoms. The molecule has 0 spiro atoms. The lowest BCUT2D eigenvalue weighted by molar-refractivity contribution is 0.0962. The van der Waals surface area contributed by atoms with Crippen LogP contribution in [0.1, 0.15) is 111 Å². The molecule has 11 nitrogen and oxygen atoms in total. The molecule has 2 unspecified atom stereocenters. The third-order valence-electron chi connectivity index (χ3n) is 4.94. The van der Waals surface area contributed by atoms with Gasteiger partial charge in [0.15, 0.2) is 0 Å². The normalized spacial score (nSPS) is 14.6. The highest BCUT2D eigenvalue weighted by Crippen LogP contribution is 2.43. The van der Waals surface area contributed by atoms with Crippen molar-refractivity contribution in [3.05, 3.63) is 0 Å². The van der Waals surface area contributed by atoms with Crippen LogP contribution in [0.15, 0.2) is 0 Å². The lowest BCUT2D eigenvalue weighted by Gasteiger charge is -2.18. The van der Waals surface area contributed by atoms with E-state index in [1.54, 1.807) is 0 Å². The number of carbonyl (C=O) groups is 2. The summed E-state index contributed by atoms with van der Waals surface area (Å²) in [6.07, 6.45) is 13.4. The van der Waals surface area contributed by atoms with Gasteiger partial charge in [0, 0.05) is 0 Å². The standard InChI is InChI=1S/C14H30NO5P.C7H16NO4P/c1-3-5-7-9-11-13(12-10-8-6-4-2)19-14(16)21(17,18)20-15;1-2-3-4-5-6-12-13(10,11)7(8)9/h13H,3-12,15H2,1-2H3,(H,17,18);2-6H2,1H3,(H2,8,9)(H,10,11). The maximum atomic E-state index is 11.5. The lowest BCUT2D eigenvalue weighted by Crippen LogP contribution is -2.19. The van der Waals surface area contributed by atoms with E-state index in [4.69, 9.17) is 9.63 Å². The summed E-state index contributed by atoms with van der Waals surface area (Å²) in [5.41, 5.74) is 2.10. The van der Waals surface area contributed by atoms with E-state index in [2.05, 4.69) is 41.6 Å². The van der Waals surface area contributed by atoms with Crippen molar-refractivity contribution in [2.45, 2.75) is 117 Å². The highest BCUT2D eigenvalue weighted by Gasteiger charge is 2.34. The van der Waals surface area contributed by atoms with Crippen LogP contribution in [0.4, 0.5) is 9.59 Å². The van der Waals surface area contributed by atoms with E-state index < -0.39 is 26.6 Å². The Labute approximate surface area is 204 Å². The summed E-state index contributed by atoms with van der Waals surface area (Å²) in [7, 11) is -8.67. The maximum absolute atomic E-state index is 11.5. The zero-order chi connectivity index (χ0) is 26.5. The van der Waals surface area contributed by atoms with Crippen LogP contribution < -0.4 is 11.6 Å². The van der Waals surface area contributed by atoms with Crippen LogP contribution in [-0.2, 0) is 23.0 Å². The van der Waals surface area contributed by atoms with Crippen LogP contribution in [0.3, 0.4) is 0 Å². The van der Waals surface area contributed by atoms with Gasteiger partial charge in [-0.1, -0.05) is 78.6 Å². The van der Waals surface area contributed by atoms with E-state index in [1.165, 1.54) is 0 Å². The van der Waals surface area contributed by atoms with Crippen molar-refractivity contribution >= 4 is 26.6 Å². The third kappa shape index (κ3) is 19.5. The summed E-state index contributed by atoms with van der Waals surface area (Å²) < 4.78 is 35.5. The molecule has 0 aromatic rings. The van der Waals surface area contributed by atoms with Gasteiger partial charge in [0.1, 0.15) is 6.10 Å². The highest BCUT2D eigenvalue weighted by molar-refractivity contribution is 7.70. The Kier molecular flexibility index (Phi) is 22.3. The van der Waals surface area contributed by atoms with E-state index in [-0.39, 0.29) is 12.7 Å². The first-order valence-corrected chi connectivity index (χ1v) is 15.3. The largest absolute Gasteiger partial charge is 0.453 e. The molecular weight excluding hydrogens is 486 g/mol. The van der Waals surface area contributed by atoms with Crippen LogP contribution in [0, 0.1) is 0 Å². The Morgan fingerprint density at radius 1 is 0.765 bits per heavy atom. The van der Waals surface area contributed by atoms with Gasteiger partial charge >= 0.3 is 26.6 Å². The molecule has 0 heterocycles. The smallest absolute Gasteiger partial charge is 0.451 e. The van der Waals surface area contributed by atoms with Gasteiger partial charge in [-0.05, 0) is 32.1 Å². The molecule has 0 aromatic carbocycles. The molecule has 0 aliphatic carbocycles. The van der Waals surface area contributed by atoms with Crippen molar-refractivity contribution in [3.63, 3.8) is 0 Å². The topological polar surface area (TPSA) is 188 Å². The highest BCUT2D eigenvalue weighted by atomic mass is 31.2. The summed E-state index contributed by atoms with van der Waals surface area (Å²) in [6, 6.07) is 0. The number of ether oxygens (including phenoxy) is 1. The molecule has 204 valence electrons. The van der Waals surface area contributed by atoms with Gasteiger partial charge in [0.2, 0.25) is 0 Å². The fourth-order valence-corrected chi connectivity index (χ4v) is 3.76. The molecular formula is C21H46N2O9P2. The van der Waals surface area contributed by atoms with Gasteiger partial charge in [-0.25, -0.2) is 24.4 Å². The first-order chi connectivity index (χ1) is 16.0. The first-order valence-electron chi connectivity index (χ1n) is 12.2. The average Bonchev–Trinajstić information content (AvgIpc) is 2.79. The van der Waals surface area contributed by atoms with Crippen LogP contribution in [0.2, 0.25) is 0 Å². The van der Waals surface area contributed by atoms with E-state index in [0.29, 0.717) is 19.3 Å². The Bertz CT molecular complexity index is 623. The third-order valence-corrected chi connectivity index (χ3v) is 6.89. The predicted molar refractivity (Wildman–Crippen MR) is 132 cm³/mol. The van der Waals surface area contributed by atoms with E-state index in [9.17, 15) is 23.6 Å². The molecule has 0 bridgehead atoms. The molecule has 13 heteroatoms. The fraction of sp³-hybridized carbons (Fsp3) is 0.905. The summed E-state index contributed by atoms with van der Waals surface area (Å²) in [6.45, 7) is 6.42. The quantitative estimate of drug-likeness (QED) is 0.0780. The summed E-state index contributed by atoms with van der Waals surface area (Å²) in [5.74, 6) is 4.65. The molecule has 0 saturated heterocycles. The minimum absolute atomic E-state index is 0.108. The summed E-state index contributed by atoms with van der Waals surface area (Å²) >= 11 is 0. The number of amides is 1. The monoisotopic (exact) mass is 532 g/mol. The van der Waals surface area contributed by atoms with Crippen molar-refractivity contribution in [1.82, 2.24) is 0 Å². The summed E-state index contributed by atoms with van der Waals surface area (Å²) in [5, 5.41) is 0. The Morgan fingerprint density at radius 2 is 1.21 bits per heavy atom. The molecule has 0 rings (SSSR count). The fourth-order valence-electron chi connectivity index (χ4n) is 2.89. The number of carbonyl (C=O) groups excluding carboxylic acids is 2. The molecule has 2 atom stereocenters. The first kappa shape index (κ1) is 35.4. The van der Waals surface area contributed by atoms with Crippen molar-refractivity contribution in [2.75, 3.05) is 6.61 Å². The zero-order valence-electron chi connectivity index (χ0n) is 21.0. The van der Waals surface area contributed by atoms with Crippen molar-refractivity contribution in [2.24, 2.45) is 11.6 Å². The maximum Gasteiger partial charge on any atom is 0.451 e. The van der Waals surface area contributed by atoms with E-state index in [1.807, 2.05) is 0 Å². The lowest BCUT2D eigenvalue weighted by atomic mass is 10.0. The minimum Gasteiger partial charge on any atom is -0.453 e. The molecule has 0 saturated carbocycles. The molecule has 0 aliphatic rings. The van der Waals surface area contributed by atoms with E-state index >= 15 is 0 Å². The second kappa shape index (κ2) is 21.5. The van der Waals surface area contributed by atoms with Crippen molar-refractivity contribution in [3.8, 4) is 0 Å². The number of nitrogens with two attached hydrogens (primary N) is 2. The van der Waals surface area contributed by atoms with Gasteiger partial charge in [-0.3, -0.25) is 4.79 Å². The van der Waals surface area contributed by atoms with Gasteiger partial charge in [0.25, 0.3) is 0 Å². The van der Waals surface area contributed by atoms with Gasteiger partial charge in [-0.2, -0.15) is 0 Å². The van der Waals surface area contributed by atoms with Gasteiger partial charge in [0.05, 0.1) is 6.61 Å². The molecule has 0 radical (unpaired) electrons. The minimum atomic E-state index is -4.49. The van der Waals surface area contributed by atoms with Crippen LogP contribution in [0.25, 0.3) is 0 Å². The predicted octanol–water partition coefficient (Wildman–Crippen LogP) is 6.36. The zero-order valence-corrected chi connectivity index (χ0v) is 22.8. The average molecular weight is 533 g/mol. The number of hydrogen-bond acceptors (Lipinski definition) is 8. The molecule has 0 fully saturated rings. The number of hydrogen-bond donors (Lipinski definition) is 4. The van der Waals surface area contributed by atoms with E-state index in [0.717, 1.165) is 70.6 Å². The second-order valence-corrected chi connectivity index (χ2v) is 11.4. The van der Waals surface area contributed by atoms with Crippen molar-refractivity contribution < 1.29 is 42.4 Å². The molecule has 1 amide bonds. The molecule has 6 N–H and O–H groups in total. The number of primary amides is 1. The summed E-state index contributed by atoms with van der Waals surface area (Å²) in [4.78, 5) is 39.9. The number of rotatable bonds is 20. The van der Waals surface area contributed by atoms with Crippen LogP contribution >= 0.6 is 15.2 Å². The molecule has 0 aliphatic heterocycles.